The van der Waals surface area contributed by atoms with Crippen LogP contribution < -0.4 is 16.4 Å². The summed E-state index contributed by atoms with van der Waals surface area (Å²) in [5, 5.41) is 13.1. The zero-order chi connectivity index (χ0) is 13.7. The molecule has 1 unspecified atom stereocenters. The minimum atomic E-state index is -1.03. The number of aromatic amines is 1. The topological polar surface area (TPSA) is 121 Å². The molecule has 18 heavy (non-hydrogen) atoms. The van der Waals surface area contributed by atoms with Crippen molar-refractivity contribution in [3.05, 3.63) is 32.8 Å². The Hall–Kier alpha value is -2.38. The maximum absolute atomic E-state index is 11.5. The van der Waals surface area contributed by atoms with Crippen molar-refractivity contribution in [2.45, 2.75) is 25.9 Å². The summed E-state index contributed by atoms with van der Waals surface area (Å²) in [5.74, 6) is -1.58. The Balaban J connectivity index is 2.65. The summed E-state index contributed by atoms with van der Waals surface area (Å²) in [7, 11) is 0. The molecule has 98 valence electrons. The smallest absolute Gasteiger partial charge is 0.305 e. The van der Waals surface area contributed by atoms with Crippen LogP contribution in [0.4, 0.5) is 0 Å². The normalized spacial score (nSPS) is 11.8. The van der Waals surface area contributed by atoms with Crippen molar-refractivity contribution in [3.63, 3.8) is 0 Å². The fourth-order valence-electron chi connectivity index (χ4n) is 1.36. The molecule has 0 aliphatic carbocycles. The molecule has 8 nitrogen and oxygen atoms in total. The summed E-state index contributed by atoms with van der Waals surface area (Å²) in [6.07, 6.45) is -0.216. The summed E-state index contributed by atoms with van der Waals surface area (Å²) >= 11 is 0. The van der Waals surface area contributed by atoms with E-state index in [0.717, 1.165) is 16.8 Å². The van der Waals surface area contributed by atoms with Crippen LogP contribution in [0.1, 0.15) is 13.3 Å². The largest absolute Gasteiger partial charge is 0.481 e. The van der Waals surface area contributed by atoms with Gasteiger partial charge in [0.2, 0.25) is 5.91 Å². The number of carbonyl (C=O) groups excluding carboxylic acids is 1. The van der Waals surface area contributed by atoms with E-state index in [0.29, 0.717) is 0 Å². The molecule has 0 fully saturated rings. The first-order chi connectivity index (χ1) is 8.38. The van der Waals surface area contributed by atoms with Gasteiger partial charge in [0.25, 0.3) is 11.1 Å². The predicted molar refractivity (Wildman–Crippen MR) is 61.2 cm³/mol. The van der Waals surface area contributed by atoms with Gasteiger partial charge >= 0.3 is 5.97 Å². The molecule has 0 saturated carbocycles. The lowest BCUT2D eigenvalue weighted by Crippen LogP contribution is -2.40. The second-order valence-corrected chi connectivity index (χ2v) is 3.80. The molecular formula is C10H13N3O5. The van der Waals surface area contributed by atoms with E-state index >= 15 is 0 Å². The van der Waals surface area contributed by atoms with Gasteiger partial charge in [0.05, 0.1) is 6.42 Å². The third-order valence-corrected chi connectivity index (χ3v) is 2.08. The summed E-state index contributed by atoms with van der Waals surface area (Å²) in [4.78, 5) is 44.1. The predicted octanol–water partition coefficient (Wildman–Crippen LogP) is -1.48. The molecule has 1 atom stereocenters. The third-order valence-electron chi connectivity index (χ3n) is 2.08. The number of aromatic nitrogens is 2. The number of H-pyrrole nitrogens is 1. The first-order valence-corrected chi connectivity index (χ1v) is 5.20. The second kappa shape index (κ2) is 5.80. The van der Waals surface area contributed by atoms with Crippen LogP contribution >= 0.6 is 0 Å². The molecule has 1 aromatic heterocycles. The lowest BCUT2D eigenvalue weighted by atomic mass is 10.2. The lowest BCUT2D eigenvalue weighted by Gasteiger charge is -2.11. The molecule has 0 aliphatic heterocycles. The van der Waals surface area contributed by atoms with Crippen molar-refractivity contribution in [2.75, 3.05) is 0 Å². The Bertz CT molecular complexity index is 559. The summed E-state index contributed by atoms with van der Waals surface area (Å²) < 4.78 is 0.852. The Morgan fingerprint density at radius 3 is 2.72 bits per heavy atom. The van der Waals surface area contributed by atoms with Crippen molar-refractivity contribution in [1.29, 1.82) is 0 Å². The highest BCUT2D eigenvalue weighted by atomic mass is 16.4. The molecule has 1 amide bonds. The van der Waals surface area contributed by atoms with Gasteiger partial charge in [0.15, 0.2) is 0 Å². The molecule has 1 aromatic rings. The van der Waals surface area contributed by atoms with E-state index < -0.39 is 29.0 Å². The van der Waals surface area contributed by atoms with Gasteiger partial charge in [-0.2, -0.15) is 0 Å². The van der Waals surface area contributed by atoms with Gasteiger partial charge in [-0.3, -0.25) is 24.3 Å². The zero-order valence-electron chi connectivity index (χ0n) is 9.67. The van der Waals surface area contributed by atoms with Crippen LogP contribution in [0.3, 0.4) is 0 Å². The standard InChI is InChI=1S/C10H13N3O5/c1-6(4-10(17)18)11-8(15)5-13-9(16)3-2-7(14)12-13/h2-3,6H,4-5H2,1H3,(H,11,15)(H,12,14)(H,17,18). The van der Waals surface area contributed by atoms with Crippen LogP contribution in [0.5, 0.6) is 0 Å². The SMILES string of the molecule is CC(CC(=O)O)NC(=O)Cn1[nH]c(=O)ccc1=O. The van der Waals surface area contributed by atoms with Crippen molar-refractivity contribution >= 4 is 11.9 Å². The van der Waals surface area contributed by atoms with E-state index in [1.165, 1.54) is 6.92 Å². The first-order valence-electron chi connectivity index (χ1n) is 5.20. The summed E-state index contributed by atoms with van der Waals surface area (Å²) in [6.45, 7) is 1.17. The van der Waals surface area contributed by atoms with Crippen LogP contribution in [-0.2, 0) is 16.1 Å². The summed E-state index contributed by atoms with van der Waals surface area (Å²) in [6, 6.07) is 1.55. The Kier molecular flexibility index (Phi) is 4.41. The Morgan fingerprint density at radius 1 is 1.44 bits per heavy atom. The molecule has 0 bridgehead atoms. The van der Waals surface area contributed by atoms with E-state index in [2.05, 4.69) is 10.4 Å². The second-order valence-electron chi connectivity index (χ2n) is 3.80. The average molecular weight is 255 g/mol. The number of hydrogen-bond donors (Lipinski definition) is 3. The highest BCUT2D eigenvalue weighted by Gasteiger charge is 2.11. The molecule has 8 heteroatoms. The number of carboxylic acids is 1. The van der Waals surface area contributed by atoms with Gasteiger partial charge in [-0.1, -0.05) is 0 Å². The van der Waals surface area contributed by atoms with Crippen LogP contribution in [0.2, 0.25) is 0 Å². The first kappa shape index (κ1) is 13.7. The molecule has 0 spiro atoms. The van der Waals surface area contributed by atoms with Crippen molar-refractivity contribution in [1.82, 2.24) is 15.1 Å². The van der Waals surface area contributed by atoms with Crippen molar-refractivity contribution in [2.24, 2.45) is 0 Å². The minimum Gasteiger partial charge on any atom is -0.481 e. The monoisotopic (exact) mass is 255 g/mol. The summed E-state index contributed by atoms with van der Waals surface area (Å²) in [5.41, 5.74) is -1.02. The van der Waals surface area contributed by atoms with E-state index in [1.807, 2.05) is 0 Å². The quantitative estimate of drug-likeness (QED) is 0.592. The van der Waals surface area contributed by atoms with Crippen LogP contribution in [0.15, 0.2) is 21.7 Å². The molecule has 1 rings (SSSR count). The van der Waals surface area contributed by atoms with Gasteiger partial charge in [0.1, 0.15) is 6.54 Å². The number of carbonyl (C=O) groups is 2. The van der Waals surface area contributed by atoms with Crippen LogP contribution in [0, 0.1) is 0 Å². The van der Waals surface area contributed by atoms with Gasteiger partial charge < -0.3 is 10.4 Å². The van der Waals surface area contributed by atoms with E-state index in [-0.39, 0.29) is 13.0 Å². The maximum atomic E-state index is 11.5. The van der Waals surface area contributed by atoms with Gasteiger partial charge in [0, 0.05) is 18.2 Å². The van der Waals surface area contributed by atoms with Crippen LogP contribution in [0.25, 0.3) is 0 Å². The molecule has 0 aromatic carbocycles. The molecule has 0 aliphatic rings. The lowest BCUT2D eigenvalue weighted by molar-refractivity contribution is -0.137. The number of rotatable bonds is 5. The fourth-order valence-corrected chi connectivity index (χ4v) is 1.36. The zero-order valence-corrected chi connectivity index (χ0v) is 9.67. The number of amides is 1. The van der Waals surface area contributed by atoms with Gasteiger partial charge in [-0.15, -0.1) is 0 Å². The van der Waals surface area contributed by atoms with Crippen LogP contribution in [-0.4, -0.2) is 32.8 Å². The fraction of sp³-hybridized carbons (Fsp3) is 0.400. The minimum absolute atomic E-state index is 0.216. The van der Waals surface area contributed by atoms with Gasteiger partial charge in [-0.05, 0) is 6.92 Å². The molecule has 3 N–H and O–H groups in total. The van der Waals surface area contributed by atoms with Crippen molar-refractivity contribution < 1.29 is 14.7 Å². The van der Waals surface area contributed by atoms with E-state index in [9.17, 15) is 19.2 Å². The highest BCUT2D eigenvalue weighted by molar-refractivity contribution is 5.77. The number of aliphatic carboxylic acids is 1. The average Bonchev–Trinajstić information content (AvgIpc) is 2.21. The molecule has 1 heterocycles. The van der Waals surface area contributed by atoms with Crippen molar-refractivity contribution in [3.8, 4) is 0 Å². The Labute approximate surface area is 101 Å². The Morgan fingerprint density at radius 2 is 2.11 bits per heavy atom. The number of hydrogen-bond acceptors (Lipinski definition) is 4. The highest BCUT2D eigenvalue weighted by Crippen LogP contribution is 1.90. The van der Waals surface area contributed by atoms with E-state index in [4.69, 9.17) is 5.11 Å². The molecule has 0 saturated heterocycles. The number of nitrogens with one attached hydrogen (secondary N) is 2. The molecule has 0 radical (unpaired) electrons. The number of nitrogens with zero attached hydrogens (tertiary/aromatic N) is 1. The maximum Gasteiger partial charge on any atom is 0.305 e. The third kappa shape index (κ3) is 4.24. The van der Waals surface area contributed by atoms with Gasteiger partial charge in [-0.25, -0.2) is 4.68 Å². The molecular weight excluding hydrogens is 242 g/mol. The number of carboxylic acid groups (broad SMARTS) is 1. The van der Waals surface area contributed by atoms with E-state index in [1.54, 1.807) is 0 Å².